The number of urea groups is 1. The molecule has 1 aromatic rings. The molecule has 106 valence electrons. The van der Waals surface area contributed by atoms with Gasteiger partial charge in [-0.05, 0) is 51.9 Å². The van der Waals surface area contributed by atoms with Gasteiger partial charge in [-0.15, -0.1) is 0 Å². The highest BCUT2D eigenvalue weighted by molar-refractivity contribution is 5.74. The van der Waals surface area contributed by atoms with Crippen molar-refractivity contribution in [2.24, 2.45) is 0 Å². The van der Waals surface area contributed by atoms with Crippen LogP contribution in [0.3, 0.4) is 0 Å². The van der Waals surface area contributed by atoms with Gasteiger partial charge in [-0.25, -0.2) is 4.79 Å². The zero-order valence-electron chi connectivity index (χ0n) is 11.7. The Morgan fingerprint density at radius 3 is 2.74 bits per heavy atom. The minimum Gasteiger partial charge on any atom is -0.468 e. The molecule has 2 rings (SSSR count). The first-order chi connectivity index (χ1) is 9.16. The standard InChI is InChI=1S/C14H23N3O2/c1-11(2)16-14(18)15-10-12(13-6-5-9-19-13)17-7-3-4-8-17/h5-6,9,11-12H,3-4,7-8,10H2,1-2H3,(H2,15,16,18). The van der Waals surface area contributed by atoms with Crippen LogP contribution in [0.2, 0.25) is 0 Å². The predicted molar refractivity (Wildman–Crippen MR) is 73.9 cm³/mol. The molecule has 1 aliphatic heterocycles. The summed E-state index contributed by atoms with van der Waals surface area (Å²) in [5, 5.41) is 5.76. The Balaban J connectivity index is 1.92. The highest BCUT2D eigenvalue weighted by Crippen LogP contribution is 2.24. The first kappa shape index (κ1) is 13.9. The molecule has 1 fully saturated rings. The van der Waals surface area contributed by atoms with Gasteiger partial charge in [0.15, 0.2) is 0 Å². The van der Waals surface area contributed by atoms with Crippen molar-refractivity contribution in [2.45, 2.75) is 38.8 Å². The van der Waals surface area contributed by atoms with Crippen molar-refractivity contribution < 1.29 is 9.21 Å². The summed E-state index contributed by atoms with van der Waals surface area (Å²) >= 11 is 0. The number of hydrogen-bond acceptors (Lipinski definition) is 3. The number of carbonyl (C=O) groups excluding carboxylic acids is 1. The molecule has 1 saturated heterocycles. The lowest BCUT2D eigenvalue weighted by atomic mass is 10.2. The number of nitrogens with zero attached hydrogens (tertiary/aromatic N) is 1. The average molecular weight is 265 g/mol. The SMILES string of the molecule is CC(C)NC(=O)NCC(c1ccco1)N1CCCC1. The molecule has 2 amide bonds. The molecule has 0 bridgehead atoms. The van der Waals surface area contributed by atoms with E-state index in [1.807, 2.05) is 26.0 Å². The highest BCUT2D eigenvalue weighted by atomic mass is 16.3. The lowest BCUT2D eigenvalue weighted by Crippen LogP contribution is -2.43. The number of rotatable bonds is 5. The molecular formula is C14H23N3O2. The normalized spacial score (nSPS) is 17.6. The van der Waals surface area contributed by atoms with Gasteiger partial charge in [0.05, 0.1) is 12.3 Å². The van der Waals surface area contributed by atoms with Crippen LogP contribution in [0.5, 0.6) is 0 Å². The Bertz CT molecular complexity index is 383. The van der Waals surface area contributed by atoms with E-state index in [9.17, 15) is 4.79 Å². The van der Waals surface area contributed by atoms with Crippen LogP contribution in [0.25, 0.3) is 0 Å². The van der Waals surface area contributed by atoms with Crippen LogP contribution in [0.1, 0.15) is 38.5 Å². The van der Waals surface area contributed by atoms with Gasteiger partial charge in [0.2, 0.25) is 0 Å². The van der Waals surface area contributed by atoms with Gasteiger partial charge in [0, 0.05) is 12.6 Å². The Morgan fingerprint density at radius 2 is 2.16 bits per heavy atom. The summed E-state index contributed by atoms with van der Waals surface area (Å²) in [6, 6.07) is 4.03. The topological polar surface area (TPSA) is 57.5 Å². The summed E-state index contributed by atoms with van der Waals surface area (Å²) in [5.74, 6) is 0.923. The molecule has 0 aromatic carbocycles. The van der Waals surface area contributed by atoms with Gasteiger partial charge in [-0.3, -0.25) is 4.90 Å². The molecule has 5 heteroatoms. The van der Waals surface area contributed by atoms with E-state index in [0.29, 0.717) is 6.54 Å². The Hall–Kier alpha value is -1.49. The molecule has 19 heavy (non-hydrogen) atoms. The lowest BCUT2D eigenvalue weighted by molar-refractivity contribution is 0.202. The second-order valence-electron chi connectivity index (χ2n) is 5.28. The van der Waals surface area contributed by atoms with E-state index in [2.05, 4.69) is 15.5 Å². The molecular weight excluding hydrogens is 242 g/mol. The largest absolute Gasteiger partial charge is 0.468 e. The van der Waals surface area contributed by atoms with Crippen molar-refractivity contribution in [3.8, 4) is 0 Å². The zero-order chi connectivity index (χ0) is 13.7. The zero-order valence-corrected chi connectivity index (χ0v) is 11.7. The van der Waals surface area contributed by atoms with E-state index in [1.165, 1.54) is 12.8 Å². The monoisotopic (exact) mass is 265 g/mol. The first-order valence-corrected chi connectivity index (χ1v) is 6.98. The fourth-order valence-corrected chi connectivity index (χ4v) is 2.45. The van der Waals surface area contributed by atoms with E-state index in [-0.39, 0.29) is 18.1 Å². The maximum absolute atomic E-state index is 11.7. The van der Waals surface area contributed by atoms with E-state index in [0.717, 1.165) is 18.8 Å². The fraction of sp³-hybridized carbons (Fsp3) is 0.643. The quantitative estimate of drug-likeness (QED) is 0.857. The summed E-state index contributed by atoms with van der Waals surface area (Å²) in [5.41, 5.74) is 0. The van der Waals surface area contributed by atoms with Crippen molar-refractivity contribution in [1.82, 2.24) is 15.5 Å². The summed E-state index contributed by atoms with van der Waals surface area (Å²) in [4.78, 5) is 14.0. The number of amides is 2. The number of nitrogens with one attached hydrogen (secondary N) is 2. The van der Waals surface area contributed by atoms with Crippen LogP contribution in [0, 0.1) is 0 Å². The summed E-state index contributed by atoms with van der Waals surface area (Å²) < 4.78 is 5.51. The number of carbonyl (C=O) groups is 1. The number of hydrogen-bond donors (Lipinski definition) is 2. The van der Waals surface area contributed by atoms with Crippen molar-refractivity contribution in [3.63, 3.8) is 0 Å². The van der Waals surface area contributed by atoms with Crippen LogP contribution in [0.15, 0.2) is 22.8 Å². The maximum Gasteiger partial charge on any atom is 0.315 e. The third kappa shape index (κ3) is 3.99. The van der Waals surface area contributed by atoms with Crippen molar-refractivity contribution >= 4 is 6.03 Å². The summed E-state index contributed by atoms with van der Waals surface area (Å²) in [6.45, 7) is 6.61. The minimum absolute atomic E-state index is 0.120. The lowest BCUT2D eigenvalue weighted by Gasteiger charge is -2.26. The molecule has 1 atom stereocenters. The van der Waals surface area contributed by atoms with Crippen LogP contribution in [-0.4, -0.2) is 36.6 Å². The van der Waals surface area contributed by atoms with Crippen LogP contribution in [-0.2, 0) is 0 Å². The predicted octanol–water partition coefficient (Wildman–Crippen LogP) is 2.12. The first-order valence-electron chi connectivity index (χ1n) is 6.98. The van der Waals surface area contributed by atoms with Crippen molar-refractivity contribution in [3.05, 3.63) is 24.2 Å². The van der Waals surface area contributed by atoms with Gasteiger partial charge in [0.25, 0.3) is 0 Å². The van der Waals surface area contributed by atoms with E-state index >= 15 is 0 Å². The molecule has 1 aromatic heterocycles. The number of likely N-dealkylation sites (tertiary alicyclic amines) is 1. The van der Waals surface area contributed by atoms with Gasteiger partial charge >= 0.3 is 6.03 Å². The molecule has 5 nitrogen and oxygen atoms in total. The van der Waals surface area contributed by atoms with Crippen molar-refractivity contribution in [2.75, 3.05) is 19.6 Å². The summed E-state index contributed by atoms with van der Waals surface area (Å²) in [7, 11) is 0. The average Bonchev–Trinajstić information content (AvgIpc) is 3.00. The van der Waals surface area contributed by atoms with Gasteiger partial charge in [-0.2, -0.15) is 0 Å². The maximum atomic E-state index is 11.7. The minimum atomic E-state index is -0.120. The molecule has 0 saturated carbocycles. The molecule has 0 spiro atoms. The molecule has 2 heterocycles. The van der Waals surface area contributed by atoms with E-state index in [1.54, 1.807) is 6.26 Å². The highest BCUT2D eigenvalue weighted by Gasteiger charge is 2.25. The molecule has 1 unspecified atom stereocenters. The Morgan fingerprint density at radius 1 is 1.42 bits per heavy atom. The number of furan rings is 1. The van der Waals surface area contributed by atoms with Gasteiger partial charge < -0.3 is 15.1 Å². The molecule has 0 radical (unpaired) electrons. The van der Waals surface area contributed by atoms with E-state index < -0.39 is 0 Å². The second-order valence-corrected chi connectivity index (χ2v) is 5.28. The third-order valence-electron chi connectivity index (χ3n) is 3.33. The van der Waals surface area contributed by atoms with E-state index in [4.69, 9.17) is 4.42 Å². The van der Waals surface area contributed by atoms with Crippen LogP contribution < -0.4 is 10.6 Å². The van der Waals surface area contributed by atoms with Crippen LogP contribution >= 0.6 is 0 Å². The molecule has 0 aliphatic carbocycles. The molecule has 2 N–H and O–H groups in total. The third-order valence-corrected chi connectivity index (χ3v) is 3.33. The Kier molecular flexibility index (Phi) is 4.85. The van der Waals surface area contributed by atoms with Crippen LogP contribution in [0.4, 0.5) is 4.79 Å². The fourth-order valence-electron chi connectivity index (χ4n) is 2.45. The smallest absolute Gasteiger partial charge is 0.315 e. The summed E-state index contributed by atoms with van der Waals surface area (Å²) in [6.07, 6.45) is 4.12. The second kappa shape index (κ2) is 6.61. The molecule has 1 aliphatic rings. The van der Waals surface area contributed by atoms with Crippen molar-refractivity contribution in [1.29, 1.82) is 0 Å². The van der Waals surface area contributed by atoms with Gasteiger partial charge in [0.1, 0.15) is 5.76 Å². The van der Waals surface area contributed by atoms with Gasteiger partial charge in [-0.1, -0.05) is 0 Å². The Labute approximate surface area is 114 Å².